The molecule has 1 rings (SSSR count). The largest absolute Gasteiger partial charge is 0.328 e. The van der Waals surface area contributed by atoms with Crippen LogP contribution in [0, 0.1) is 5.92 Å². The van der Waals surface area contributed by atoms with E-state index in [0.717, 1.165) is 12.5 Å². The van der Waals surface area contributed by atoms with Gasteiger partial charge in [0, 0.05) is 6.04 Å². The summed E-state index contributed by atoms with van der Waals surface area (Å²) < 4.78 is 0. The van der Waals surface area contributed by atoms with Crippen LogP contribution >= 0.6 is 0 Å². The molecule has 1 fully saturated rings. The first-order valence-electron chi connectivity index (χ1n) is 4.23. The van der Waals surface area contributed by atoms with Crippen LogP contribution < -0.4 is 11.1 Å². The lowest BCUT2D eigenvalue weighted by molar-refractivity contribution is 0.316. The van der Waals surface area contributed by atoms with Crippen molar-refractivity contribution < 1.29 is 0 Å². The van der Waals surface area contributed by atoms with Gasteiger partial charge in [-0.05, 0) is 38.8 Å². The van der Waals surface area contributed by atoms with E-state index in [-0.39, 0.29) is 0 Å². The highest BCUT2D eigenvalue weighted by Gasteiger charge is 2.17. The predicted octanol–water partition coefficient (Wildman–Crippen LogP) is 0.723. The fraction of sp³-hybridized carbons (Fsp3) is 1.00. The average Bonchev–Trinajstić information content (AvgIpc) is 1.88. The van der Waals surface area contributed by atoms with Crippen LogP contribution in [0.2, 0.25) is 0 Å². The molecule has 0 aromatic carbocycles. The molecule has 0 aromatic heterocycles. The SMILES string of the molecule is CNC[C@H]1CCC[C@@H](N)C1. The van der Waals surface area contributed by atoms with Crippen LogP contribution in [0.4, 0.5) is 0 Å². The molecule has 0 aliphatic heterocycles. The summed E-state index contributed by atoms with van der Waals surface area (Å²) in [6.45, 7) is 1.15. The van der Waals surface area contributed by atoms with Gasteiger partial charge in [-0.3, -0.25) is 0 Å². The van der Waals surface area contributed by atoms with Gasteiger partial charge in [-0.1, -0.05) is 6.42 Å². The molecule has 0 aromatic rings. The summed E-state index contributed by atoms with van der Waals surface area (Å²) >= 11 is 0. The molecule has 2 atom stereocenters. The Labute approximate surface area is 63.2 Å². The maximum absolute atomic E-state index is 5.83. The van der Waals surface area contributed by atoms with Crippen LogP contribution in [0.3, 0.4) is 0 Å². The number of rotatable bonds is 2. The summed E-state index contributed by atoms with van der Waals surface area (Å²) in [7, 11) is 2.01. The van der Waals surface area contributed by atoms with Crippen molar-refractivity contribution in [2.24, 2.45) is 11.7 Å². The van der Waals surface area contributed by atoms with Crippen molar-refractivity contribution in [3.05, 3.63) is 0 Å². The third-order valence-electron chi connectivity index (χ3n) is 2.32. The topological polar surface area (TPSA) is 38.0 Å². The molecule has 0 spiro atoms. The van der Waals surface area contributed by atoms with E-state index in [1.165, 1.54) is 25.7 Å². The van der Waals surface area contributed by atoms with Crippen LogP contribution in [0.25, 0.3) is 0 Å². The van der Waals surface area contributed by atoms with E-state index in [0.29, 0.717) is 6.04 Å². The minimum atomic E-state index is 0.479. The molecule has 1 aliphatic rings. The third-order valence-corrected chi connectivity index (χ3v) is 2.32. The van der Waals surface area contributed by atoms with E-state index >= 15 is 0 Å². The molecule has 0 heterocycles. The smallest absolute Gasteiger partial charge is 0.00419 e. The van der Waals surface area contributed by atoms with Gasteiger partial charge in [0.25, 0.3) is 0 Å². The van der Waals surface area contributed by atoms with Crippen molar-refractivity contribution in [1.29, 1.82) is 0 Å². The quantitative estimate of drug-likeness (QED) is 0.596. The highest BCUT2D eigenvalue weighted by Crippen LogP contribution is 2.21. The lowest BCUT2D eigenvalue weighted by atomic mass is 9.86. The van der Waals surface area contributed by atoms with Gasteiger partial charge < -0.3 is 11.1 Å². The number of nitrogens with two attached hydrogens (primary N) is 1. The first-order chi connectivity index (χ1) is 4.83. The molecular formula is C8H18N2. The van der Waals surface area contributed by atoms with Crippen LogP contribution in [-0.4, -0.2) is 19.6 Å². The molecule has 10 heavy (non-hydrogen) atoms. The number of hydrogen-bond acceptors (Lipinski definition) is 2. The highest BCUT2D eigenvalue weighted by molar-refractivity contribution is 4.75. The Bertz CT molecular complexity index is 91.3. The molecule has 0 radical (unpaired) electrons. The molecule has 3 N–H and O–H groups in total. The number of hydrogen-bond donors (Lipinski definition) is 2. The van der Waals surface area contributed by atoms with Gasteiger partial charge in [0.2, 0.25) is 0 Å². The van der Waals surface area contributed by atoms with Gasteiger partial charge in [0.15, 0.2) is 0 Å². The van der Waals surface area contributed by atoms with E-state index in [9.17, 15) is 0 Å². The molecule has 60 valence electrons. The summed E-state index contributed by atoms with van der Waals surface area (Å²) in [5, 5.41) is 3.20. The summed E-state index contributed by atoms with van der Waals surface area (Å²) in [4.78, 5) is 0. The molecule has 0 unspecified atom stereocenters. The first-order valence-corrected chi connectivity index (χ1v) is 4.23. The maximum atomic E-state index is 5.83. The summed E-state index contributed by atoms with van der Waals surface area (Å²) in [5.41, 5.74) is 5.83. The summed E-state index contributed by atoms with van der Waals surface area (Å²) in [6, 6.07) is 0.479. The van der Waals surface area contributed by atoms with Gasteiger partial charge >= 0.3 is 0 Å². The molecule has 2 nitrogen and oxygen atoms in total. The van der Waals surface area contributed by atoms with Crippen molar-refractivity contribution >= 4 is 0 Å². The van der Waals surface area contributed by atoms with Crippen LogP contribution in [0.15, 0.2) is 0 Å². The van der Waals surface area contributed by atoms with Gasteiger partial charge in [-0.25, -0.2) is 0 Å². The zero-order valence-electron chi connectivity index (χ0n) is 6.77. The molecule has 0 amide bonds. The van der Waals surface area contributed by atoms with E-state index in [1.807, 2.05) is 7.05 Å². The average molecular weight is 142 g/mol. The van der Waals surface area contributed by atoms with E-state index in [4.69, 9.17) is 5.73 Å². The lowest BCUT2D eigenvalue weighted by Gasteiger charge is -2.26. The second-order valence-electron chi connectivity index (χ2n) is 3.35. The molecular weight excluding hydrogens is 124 g/mol. The minimum absolute atomic E-state index is 0.479. The summed E-state index contributed by atoms with van der Waals surface area (Å²) in [6.07, 6.45) is 5.16. The molecule has 2 heteroatoms. The van der Waals surface area contributed by atoms with Crippen molar-refractivity contribution in [1.82, 2.24) is 5.32 Å². The Morgan fingerprint density at radius 1 is 1.50 bits per heavy atom. The second kappa shape index (κ2) is 3.94. The Kier molecular flexibility index (Phi) is 3.16. The Hall–Kier alpha value is -0.0800. The minimum Gasteiger partial charge on any atom is -0.328 e. The summed E-state index contributed by atoms with van der Waals surface area (Å²) in [5.74, 6) is 0.841. The highest BCUT2D eigenvalue weighted by atomic mass is 14.8. The van der Waals surface area contributed by atoms with Crippen LogP contribution in [0.1, 0.15) is 25.7 Å². The number of nitrogens with one attached hydrogen (secondary N) is 1. The van der Waals surface area contributed by atoms with Gasteiger partial charge in [-0.2, -0.15) is 0 Å². The zero-order chi connectivity index (χ0) is 7.40. The molecule has 0 bridgehead atoms. The van der Waals surface area contributed by atoms with Crippen LogP contribution in [-0.2, 0) is 0 Å². The molecule has 1 saturated carbocycles. The van der Waals surface area contributed by atoms with Gasteiger partial charge in [0.1, 0.15) is 0 Å². The zero-order valence-corrected chi connectivity index (χ0v) is 6.77. The monoisotopic (exact) mass is 142 g/mol. The Morgan fingerprint density at radius 2 is 2.30 bits per heavy atom. The van der Waals surface area contributed by atoms with Crippen molar-refractivity contribution in [3.63, 3.8) is 0 Å². The van der Waals surface area contributed by atoms with E-state index in [2.05, 4.69) is 5.32 Å². The van der Waals surface area contributed by atoms with E-state index in [1.54, 1.807) is 0 Å². The third kappa shape index (κ3) is 2.27. The molecule has 1 aliphatic carbocycles. The Morgan fingerprint density at radius 3 is 2.90 bits per heavy atom. The fourth-order valence-electron chi connectivity index (χ4n) is 1.81. The van der Waals surface area contributed by atoms with Gasteiger partial charge in [-0.15, -0.1) is 0 Å². The molecule has 0 saturated heterocycles. The van der Waals surface area contributed by atoms with Crippen molar-refractivity contribution in [2.75, 3.05) is 13.6 Å². The normalized spacial score (nSPS) is 34.2. The Balaban J connectivity index is 2.18. The predicted molar refractivity (Wildman–Crippen MR) is 43.9 cm³/mol. The lowest BCUT2D eigenvalue weighted by Crippen LogP contribution is -2.32. The van der Waals surface area contributed by atoms with Crippen molar-refractivity contribution in [3.8, 4) is 0 Å². The van der Waals surface area contributed by atoms with E-state index < -0.39 is 0 Å². The second-order valence-corrected chi connectivity index (χ2v) is 3.35. The standard InChI is InChI=1S/C8H18N2/c1-10-6-7-3-2-4-8(9)5-7/h7-8,10H,2-6,9H2,1H3/t7-,8+/m0/s1. The fourth-order valence-corrected chi connectivity index (χ4v) is 1.81. The van der Waals surface area contributed by atoms with Gasteiger partial charge in [0.05, 0.1) is 0 Å². The maximum Gasteiger partial charge on any atom is 0.00419 e. The van der Waals surface area contributed by atoms with Crippen LogP contribution in [0.5, 0.6) is 0 Å². The first kappa shape index (κ1) is 8.02. The van der Waals surface area contributed by atoms with Crippen molar-refractivity contribution in [2.45, 2.75) is 31.7 Å².